The molecule has 0 bridgehead atoms. The Morgan fingerprint density at radius 2 is 2.38 bits per heavy atom. The Balaban J connectivity index is 2.10. The smallest absolute Gasteiger partial charge is 0.131 e. The fourth-order valence-electron chi connectivity index (χ4n) is 3.40. The van der Waals surface area contributed by atoms with Crippen LogP contribution in [0, 0.1) is 0 Å². The summed E-state index contributed by atoms with van der Waals surface area (Å²) in [6.45, 7) is 2.67. The molecule has 92 valence electrons. The molecule has 4 heteroatoms. The van der Waals surface area contributed by atoms with E-state index in [4.69, 9.17) is 4.74 Å². The second kappa shape index (κ2) is 4.41. The molecule has 3 atom stereocenters. The van der Waals surface area contributed by atoms with Gasteiger partial charge in [0.2, 0.25) is 0 Å². The fraction of sp³-hybridized carbons (Fsp3) is 0.917. The van der Waals surface area contributed by atoms with E-state index in [0.29, 0.717) is 26.0 Å². The Morgan fingerprint density at radius 3 is 3.00 bits per heavy atom. The molecule has 3 unspecified atom stereocenters. The summed E-state index contributed by atoms with van der Waals surface area (Å²) in [5.41, 5.74) is -0.131. The third-order valence-corrected chi connectivity index (χ3v) is 3.93. The number of carbonyl (C=O) groups excluding carboxylic acids is 1. The summed E-state index contributed by atoms with van der Waals surface area (Å²) in [4.78, 5) is 13.4. The van der Waals surface area contributed by atoms with Crippen LogP contribution in [0.3, 0.4) is 0 Å². The van der Waals surface area contributed by atoms with Crippen molar-refractivity contribution in [1.82, 2.24) is 4.90 Å². The second-order valence-corrected chi connectivity index (χ2v) is 5.21. The Hall–Kier alpha value is -0.480. The number of Topliss-reactive ketones (excluding diaryl/α,β-unsaturated/α-hetero) is 1. The highest BCUT2D eigenvalue weighted by Gasteiger charge is 2.52. The molecule has 0 N–H and O–H groups in total. The first kappa shape index (κ1) is 12.0. The lowest BCUT2D eigenvalue weighted by molar-refractivity contribution is -0.118. The number of methoxy groups -OCH3 is 1. The van der Waals surface area contributed by atoms with Crippen LogP contribution in [0.5, 0.6) is 0 Å². The number of hydrogen-bond acceptors (Lipinski definition) is 3. The molecule has 2 aliphatic rings. The molecule has 0 spiro atoms. The number of carbonyl (C=O) groups is 1. The predicted molar refractivity (Wildman–Crippen MR) is 59.1 cm³/mol. The van der Waals surface area contributed by atoms with Crippen LogP contribution in [0.25, 0.3) is 0 Å². The van der Waals surface area contributed by atoms with Crippen molar-refractivity contribution in [3.05, 3.63) is 0 Å². The molecule has 2 aliphatic heterocycles. The van der Waals surface area contributed by atoms with Gasteiger partial charge in [-0.15, -0.1) is 0 Å². The standard InChI is InChI=1S/C12H20FNO2/c1-9(15)5-11-3-4-12(8-16-2)6-10(13)7-14(11)12/h10-11H,3-8H2,1-2H3. The van der Waals surface area contributed by atoms with Crippen LogP contribution in [0.15, 0.2) is 0 Å². The van der Waals surface area contributed by atoms with Gasteiger partial charge in [0, 0.05) is 38.1 Å². The van der Waals surface area contributed by atoms with Crippen LogP contribution in [0.2, 0.25) is 0 Å². The molecule has 2 saturated heterocycles. The van der Waals surface area contributed by atoms with Crippen LogP contribution in [-0.4, -0.2) is 48.7 Å². The molecule has 0 aliphatic carbocycles. The van der Waals surface area contributed by atoms with E-state index in [1.807, 2.05) is 0 Å². The number of ether oxygens (including phenoxy) is 1. The molecule has 2 rings (SSSR count). The minimum absolute atomic E-state index is 0.131. The molecule has 0 saturated carbocycles. The Morgan fingerprint density at radius 1 is 1.62 bits per heavy atom. The van der Waals surface area contributed by atoms with Crippen LogP contribution in [0.4, 0.5) is 4.39 Å². The van der Waals surface area contributed by atoms with Gasteiger partial charge in [0.25, 0.3) is 0 Å². The first-order valence-corrected chi connectivity index (χ1v) is 5.96. The summed E-state index contributed by atoms with van der Waals surface area (Å²) in [5, 5.41) is 0. The summed E-state index contributed by atoms with van der Waals surface area (Å²) < 4.78 is 18.8. The summed E-state index contributed by atoms with van der Waals surface area (Å²) in [6.07, 6.45) is 2.31. The van der Waals surface area contributed by atoms with Crippen molar-refractivity contribution >= 4 is 5.78 Å². The molecule has 3 nitrogen and oxygen atoms in total. The van der Waals surface area contributed by atoms with Crippen molar-refractivity contribution in [1.29, 1.82) is 0 Å². The Kier molecular flexibility index (Phi) is 3.31. The summed E-state index contributed by atoms with van der Waals surface area (Å²) in [6, 6.07) is 0.230. The number of nitrogens with zero attached hydrogens (tertiary/aromatic N) is 1. The minimum atomic E-state index is -0.759. The van der Waals surface area contributed by atoms with E-state index in [2.05, 4.69) is 4.90 Å². The molecule has 2 fully saturated rings. The number of rotatable bonds is 4. The van der Waals surface area contributed by atoms with Crippen molar-refractivity contribution in [3.63, 3.8) is 0 Å². The van der Waals surface area contributed by atoms with Crippen molar-refractivity contribution < 1.29 is 13.9 Å². The number of hydrogen-bond donors (Lipinski definition) is 0. The van der Waals surface area contributed by atoms with Gasteiger partial charge >= 0.3 is 0 Å². The van der Waals surface area contributed by atoms with Crippen LogP contribution in [-0.2, 0) is 9.53 Å². The molecule has 0 aromatic carbocycles. The summed E-state index contributed by atoms with van der Waals surface area (Å²) in [5.74, 6) is 0.195. The van der Waals surface area contributed by atoms with Crippen LogP contribution < -0.4 is 0 Å². The van der Waals surface area contributed by atoms with Gasteiger partial charge in [-0.2, -0.15) is 0 Å². The minimum Gasteiger partial charge on any atom is -0.383 e. The molecular weight excluding hydrogens is 209 g/mol. The molecule has 0 aromatic heterocycles. The molecule has 2 heterocycles. The van der Waals surface area contributed by atoms with Crippen LogP contribution in [0.1, 0.15) is 32.6 Å². The third-order valence-electron chi connectivity index (χ3n) is 3.93. The zero-order valence-corrected chi connectivity index (χ0v) is 10.0. The van der Waals surface area contributed by atoms with Crippen molar-refractivity contribution in [2.75, 3.05) is 20.3 Å². The van der Waals surface area contributed by atoms with Gasteiger partial charge in [0.1, 0.15) is 12.0 Å². The molecule has 0 amide bonds. The highest BCUT2D eigenvalue weighted by atomic mass is 19.1. The van der Waals surface area contributed by atoms with Crippen molar-refractivity contribution in [2.24, 2.45) is 0 Å². The average molecular weight is 229 g/mol. The SMILES string of the molecule is COCC12CCC(CC(C)=O)N1CC(F)C2. The van der Waals surface area contributed by atoms with E-state index < -0.39 is 6.17 Å². The topological polar surface area (TPSA) is 29.5 Å². The fourth-order valence-corrected chi connectivity index (χ4v) is 3.40. The van der Waals surface area contributed by atoms with Gasteiger partial charge in [0.05, 0.1) is 6.61 Å². The van der Waals surface area contributed by atoms with Gasteiger partial charge in [-0.25, -0.2) is 4.39 Å². The van der Waals surface area contributed by atoms with E-state index in [0.717, 1.165) is 12.8 Å². The lowest BCUT2D eigenvalue weighted by Gasteiger charge is -2.33. The molecule has 0 aromatic rings. The maximum absolute atomic E-state index is 13.5. The highest BCUT2D eigenvalue weighted by Crippen LogP contribution is 2.44. The van der Waals surface area contributed by atoms with Gasteiger partial charge in [-0.05, 0) is 19.8 Å². The molecule has 16 heavy (non-hydrogen) atoms. The Bertz CT molecular complexity index is 284. The zero-order chi connectivity index (χ0) is 11.8. The number of fused-ring (bicyclic) bond motifs is 1. The van der Waals surface area contributed by atoms with Crippen LogP contribution >= 0.6 is 0 Å². The van der Waals surface area contributed by atoms with Crippen molar-refractivity contribution in [2.45, 2.75) is 50.4 Å². The number of ketones is 1. The van der Waals surface area contributed by atoms with E-state index >= 15 is 0 Å². The van der Waals surface area contributed by atoms with Gasteiger partial charge in [-0.1, -0.05) is 0 Å². The van der Waals surface area contributed by atoms with Crippen molar-refractivity contribution in [3.8, 4) is 0 Å². The third kappa shape index (κ3) is 2.00. The Labute approximate surface area is 95.9 Å². The quantitative estimate of drug-likeness (QED) is 0.732. The number of halogens is 1. The lowest BCUT2D eigenvalue weighted by Crippen LogP contribution is -2.45. The average Bonchev–Trinajstić information content (AvgIpc) is 2.63. The normalized spacial score (nSPS) is 38.9. The summed E-state index contributed by atoms with van der Waals surface area (Å²) >= 11 is 0. The second-order valence-electron chi connectivity index (χ2n) is 5.21. The maximum Gasteiger partial charge on any atom is 0.131 e. The molecular formula is C12H20FNO2. The van der Waals surface area contributed by atoms with Gasteiger partial charge < -0.3 is 4.74 Å². The monoisotopic (exact) mass is 229 g/mol. The molecule has 0 radical (unpaired) electrons. The highest BCUT2D eigenvalue weighted by molar-refractivity contribution is 5.76. The van der Waals surface area contributed by atoms with E-state index in [9.17, 15) is 9.18 Å². The maximum atomic E-state index is 13.5. The lowest BCUT2D eigenvalue weighted by atomic mass is 9.94. The van der Waals surface area contributed by atoms with Gasteiger partial charge in [0.15, 0.2) is 0 Å². The predicted octanol–water partition coefficient (Wildman–Crippen LogP) is 1.56. The van der Waals surface area contributed by atoms with E-state index in [1.165, 1.54) is 0 Å². The first-order chi connectivity index (χ1) is 7.57. The first-order valence-electron chi connectivity index (χ1n) is 5.96. The van der Waals surface area contributed by atoms with E-state index in [1.54, 1.807) is 14.0 Å². The number of alkyl halides is 1. The van der Waals surface area contributed by atoms with E-state index in [-0.39, 0.29) is 17.4 Å². The largest absolute Gasteiger partial charge is 0.383 e. The zero-order valence-electron chi connectivity index (χ0n) is 10.0. The van der Waals surface area contributed by atoms with Gasteiger partial charge in [-0.3, -0.25) is 9.69 Å². The summed E-state index contributed by atoms with van der Waals surface area (Å²) in [7, 11) is 1.66.